The largest absolute Gasteiger partial charge is 0.508 e. The number of nitrogens with one attached hydrogen (secondary N) is 1. The Kier molecular flexibility index (Phi) is 4.59. The molecule has 1 aromatic carbocycles. The number of aromatic hydroxyl groups is 1. The summed E-state index contributed by atoms with van der Waals surface area (Å²) in [5, 5.41) is 24.7. The molecule has 1 atom stereocenters. The van der Waals surface area contributed by atoms with Crippen LogP contribution < -0.4 is 5.32 Å². The first-order chi connectivity index (χ1) is 10.7. The SMILES string of the molecule is O=[N+]([O-])c1ccc(O)c([C@@H](C2CCCC2)N2CCNCC2)c1. The normalized spacial score (nSPS) is 21.8. The van der Waals surface area contributed by atoms with Gasteiger partial charge in [-0.05, 0) is 24.8 Å². The molecule has 0 spiro atoms. The van der Waals surface area contributed by atoms with Crippen molar-refractivity contribution in [3.05, 3.63) is 33.9 Å². The van der Waals surface area contributed by atoms with Gasteiger partial charge in [0.05, 0.1) is 4.92 Å². The molecule has 1 heterocycles. The van der Waals surface area contributed by atoms with E-state index in [4.69, 9.17) is 0 Å². The Hall–Kier alpha value is -1.66. The fraction of sp³-hybridized carbons (Fsp3) is 0.625. The predicted molar refractivity (Wildman–Crippen MR) is 83.9 cm³/mol. The smallest absolute Gasteiger partial charge is 0.270 e. The van der Waals surface area contributed by atoms with Crippen LogP contribution in [0.15, 0.2) is 18.2 Å². The van der Waals surface area contributed by atoms with Crippen molar-refractivity contribution in [3.8, 4) is 5.75 Å². The number of benzene rings is 1. The van der Waals surface area contributed by atoms with E-state index < -0.39 is 0 Å². The van der Waals surface area contributed by atoms with Gasteiger partial charge in [-0.2, -0.15) is 0 Å². The number of phenolic OH excluding ortho intramolecular Hbond substituents is 1. The molecule has 22 heavy (non-hydrogen) atoms. The molecule has 0 radical (unpaired) electrons. The third-order valence-electron chi connectivity index (χ3n) is 4.93. The fourth-order valence-corrected chi connectivity index (χ4v) is 3.87. The van der Waals surface area contributed by atoms with Crippen molar-refractivity contribution < 1.29 is 10.0 Å². The number of phenols is 1. The molecule has 6 heteroatoms. The van der Waals surface area contributed by atoms with Gasteiger partial charge in [0, 0.05) is 49.9 Å². The van der Waals surface area contributed by atoms with E-state index >= 15 is 0 Å². The molecule has 2 N–H and O–H groups in total. The van der Waals surface area contributed by atoms with E-state index in [0.29, 0.717) is 5.92 Å². The van der Waals surface area contributed by atoms with Crippen LogP contribution >= 0.6 is 0 Å². The summed E-state index contributed by atoms with van der Waals surface area (Å²) in [5.74, 6) is 0.659. The van der Waals surface area contributed by atoms with Crippen LogP contribution in [0.4, 0.5) is 5.69 Å². The standard InChI is InChI=1S/C16H23N3O3/c20-15-6-5-13(19(21)22)11-14(15)16(12-3-1-2-4-12)18-9-7-17-8-10-18/h5-6,11-12,16-17,20H,1-4,7-10H2/t16-/m1/s1. The number of nitro groups is 1. The lowest BCUT2D eigenvalue weighted by atomic mass is 9.89. The molecule has 6 nitrogen and oxygen atoms in total. The van der Waals surface area contributed by atoms with Gasteiger partial charge in [-0.25, -0.2) is 0 Å². The van der Waals surface area contributed by atoms with Gasteiger partial charge < -0.3 is 10.4 Å². The third-order valence-corrected chi connectivity index (χ3v) is 4.93. The fourth-order valence-electron chi connectivity index (χ4n) is 3.87. The molecule has 1 saturated heterocycles. The summed E-state index contributed by atoms with van der Waals surface area (Å²) in [7, 11) is 0. The van der Waals surface area contributed by atoms with Gasteiger partial charge in [-0.15, -0.1) is 0 Å². The summed E-state index contributed by atoms with van der Waals surface area (Å²) in [6, 6.07) is 4.50. The Bertz CT molecular complexity index is 537. The Labute approximate surface area is 130 Å². The highest BCUT2D eigenvalue weighted by molar-refractivity contribution is 5.45. The summed E-state index contributed by atoms with van der Waals surface area (Å²) in [6.07, 6.45) is 4.69. The molecule has 0 unspecified atom stereocenters. The predicted octanol–water partition coefficient (Wildman–Crippen LogP) is 2.44. The van der Waals surface area contributed by atoms with Crippen molar-refractivity contribution in [2.75, 3.05) is 26.2 Å². The first kappa shape index (κ1) is 15.2. The Morgan fingerprint density at radius 2 is 1.95 bits per heavy atom. The highest BCUT2D eigenvalue weighted by atomic mass is 16.6. The van der Waals surface area contributed by atoms with Crippen LogP contribution in [0, 0.1) is 16.0 Å². The number of hydrogen-bond acceptors (Lipinski definition) is 5. The molecule has 1 aromatic rings. The molecular weight excluding hydrogens is 282 g/mol. The van der Waals surface area contributed by atoms with Crippen LogP contribution in [-0.2, 0) is 0 Å². The lowest BCUT2D eigenvalue weighted by Gasteiger charge is -2.38. The van der Waals surface area contributed by atoms with Crippen molar-refractivity contribution in [2.45, 2.75) is 31.7 Å². The van der Waals surface area contributed by atoms with Crippen molar-refractivity contribution >= 4 is 5.69 Å². The number of non-ortho nitro benzene ring substituents is 1. The monoisotopic (exact) mass is 305 g/mol. The topological polar surface area (TPSA) is 78.6 Å². The summed E-state index contributed by atoms with van der Waals surface area (Å²) < 4.78 is 0. The van der Waals surface area contributed by atoms with Gasteiger partial charge in [-0.1, -0.05) is 12.8 Å². The minimum atomic E-state index is -0.383. The molecule has 1 aliphatic carbocycles. The zero-order valence-corrected chi connectivity index (χ0v) is 12.7. The minimum Gasteiger partial charge on any atom is -0.508 e. The van der Waals surface area contributed by atoms with Gasteiger partial charge in [0.1, 0.15) is 5.75 Å². The number of nitrogens with zero attached hydrogens (tertiary/aromatic N) is 2. The van der Waals surface area contributed by atoms with E-state index in [9.17, 15) is 15.2 Å². The molecule has 0 amide bonds. The van der Waals surface area contributed by atoms with Crippen LogP contribution in [0.1, 0.15) is 37.3 Å². The van der Waals surface area contributed by atoms with Crippen molar-refractivity contribution in [3.63, 3.8) is 0 Å². The van der Waals surface area contributed by atoms with E-state index in [-0.39, 0.29) is 22.4 Å². The lowest BCUT2D eigenvalue weighted by Crippen LogP contribution is -2.46. The van der Waals surface area contributed by atoms with E-state index in [2.05, 4.69) is 10.2 Å². The Morgan fingerprint density at radius 1 is 1.27 bits per heavy atom. The van der Waals surface area contributed by atoms with Crippen molar-refractivity contribution in [2.24, 2.45) is 5.92 Å². The summed E-state index contributed by atoms with van der Waals surface area (Å²) in [5.41, 5.74) is 0.786. The number of hydrogen-bond donors (Lipinski definition) is 2. The zero-order chi connectivity index (χ0) is 15.5. The molecule has 3 rings (SSSR count). The van der Waals surface area contributed by atoms with Crippen molar-refractivity contribution in [1.82, 2.24) is 10.2 Å². The summed E-state index contributed by atoms with van der Waals surface area (Å²) in [4.78, 5) is 13.1. The second kappa shape index (κ2) is 6.62. The second-order valence-electron chi connectivity index (χ2n) is 6.28. The summed E-state index contributed by atoms with van der Waals surface area (Å²) in [6.45, 7) is 3.70. The molecule has 0 aromatic heterocycles. The van der Waals surface area contributed by atoms with Crippen molar-refractivity contribution in [1.29, 1.82) is 0 Å². The maximum absolute atomic E-state index is 11.1. The van der Waals surface area contributed by atoms with Gasteiger partial charge in [0.15, 0.2) is 0 Å². The molecule has 0 bridgehead atoms. The average Bonchev–Trinajstić information content (AvgIpc) is 3.04. The van der Waals surface area contributed by atoms with Crippen LogP contribution in [0.25, 0.3) is 0 Å². The molecular formula is C16H23N3O3. The highest BCUT2D eigenvalue weighted by Crippen LogP contribution is 2.43. The first-order valence-corrected chi connectivity index (χ1v) is 8.09. The van der Waals surface area contributed by atoms with Crippen LogP contribution in [0.3, 0.4) is 0 Å². The third kappa shape index (κ3) is 3.08. The Balaban J connectivity index is 1.96. The second-order valence-corrected chi connectivity index (χ2v) is 6.28. The van der Waals surface area contributed by atoms with E-state index in [1.807, 2.05) is 0 Å². The zero-order valence-electron chi connectivity index (χ0n) is 12.7. The number of rotatable bonds is 4. The molecule has 1 saturated carbocycles. The van der Waals surface area contributed by atoms with Gasteiger partial charge in [0.2, 0.25) is 0 Å². The van der Waals surface area contributed by atoms with Crippen LogP contribution in [-0.4, -0.2) is 41.1 Å². The lowest BCUT2D eigenvalue weighted by molar-refractivity contribution is -0.385. The van der Waals surface area contributed by atoms with E-state index in [0.717, 1.165) is 44.6 Å². The van der Waals surface area contributed by atoms with Gasteiger partial charge in [0.25, 0.3) is 5.69 Å². The quantitative estimate of drug-likeness (QED) is 0.660. The number of nitro benzene ring substituents is 1. The minimum absolute atomic E-state index is 0.0610. The maximum Gasteiger partial charge on any atom is 0.270 e. The van der Waals surface area contributed by atoms with Gasteiger partial charge in [-0.3, -0.25) is 15.0 Å². The molecule has 1 aliphatic heterocycles. The average molecular weight is 305 g/mol. The van der Waals surface area contributed by atoms with E-state index in [1.165, 1.54) is 25.0 Å². The van der Waals surface area contributed by atoms with Crippen LogP contribution in [0.5, 0.6) is 5.75 Å². The maximum atomic E-state index is 11.1. The van der Waals surface area contributed by atoms with Gasteiger partial charge >= 0.3 is 0 Å². The molecule has 2 aliphatic rings. The first-order valence-electron chi connectivity index (χ1n) is 8.09. The number of piperazine rings is 1. The summed E-state index contributed by atoms with van der Waals surface area (Å²) >= 11 is 0. The molecule has 120 valence electrons. The molecule has 2 fully saturated rings. The van der Waals surface area contributed by atoms with E-state index in [1.54, 1.807) is 6.07 Å². The van der Waals surface area contributed by atoms with Crippen LogP contribution in [0.2, 0.25) is 0 Å². The Morgan fingerprint density at radius 3 is 2.59 bits per heavy atom. The highest BCUT2D eigenvalue weighted by Gasteiger charge is 2.34.